The third-order valence-corrected chi connectivity index (χ3v) is 4.11. The van der Waals surface area contributed by atoms with Crippen LogP contribution >= 0.6 is 11.5 Å². The molecule has 8 heteroatoms. The number of hydrogen-bond donors (Lipinski definition) is 2. The predicted octanol–water partition coefficient (Wildman–Crippen LogP) is 1.22. The van der Waals surface area contributed by atoms with Gasteiger partial charge in [-0.25, -0.2) is 9.97 Å². The number of morpholine rings is 1. The summed E-state index contributed by atoms with van der Waals surface area (Å²) in [5.74, 6) is 1.54. The fourth-order valence-electron chi connectivity index (χ4n) is 2.19. The van der Waals surface area contributed by atoms with Crippen molar-refractivity contribution in [1.29, 1.82) is 0 Å². The number of nitrogens with one attached hydrogen (secondary N) is 2. The number of nitrogens with zero attached hydrogens (tertiary/aromatic N) is 4. The molecule has 2 aromatic heterocycles. The second kappa shape index (κ2) is 6.42. The van der Waals surface area contributed by atoms with Crippen molar-refractivity contribution in [2.75, 3.05) is 25.0 Å². The Bertz CT molecular complexity index is 610. The van der Waals surface area contributed by atoms with Gasteiger partial charge in [-0.1, -0.05) is 4.49 Å². The second-order valence-corrected chi connectivity index (χ2v) is 5.76. The maximum atomic E-state index is 5.74. The normalized spacial score (nSPS) is 18.7. The molecule has 7 nitrogen and oxygen atoms in total. The van der Waals surface area contributed by atoms with Gasteiger partial charge in [-0.05, 0) is 25.4 Å². The van der Waals surface area contributed by atoms with Crippen molar-refractivity contribution in [3.05, 3.63) is 28.2 Å². The standard InChI is InChI=1S/C13H18N6OS/c1-8-12(21-19-18-8)7-15-13-5-10(16-9(2)17-13)11-6-14-3-4-20-11/h5,11,14H,3-4,6-7H2,1-2H3,(H,15,16,17)/t11-/m1/s1. The number of aryl methyl sites for hydroxylation is 2. The number of hydrogen-bond acceptors (Lipinski definition) is 8. The fraction of sp³-hybridized carbons (Fsp3) is 0.538. The van der Waals surface area contributed by atoms with Crippen molar-refractivity contribution < 1.29 is 4.74 Å². The average molecular weight is 306 g/mol. The van der Waals surface area contributed by atoms with E-state index in [1.807, 2.05) is 19.9 Å². The van der Waals surface area contributed by atoms with Gasteiger partial charge in [-0.15, -0.1) is 5.10 Å². The van der Waals surface area contributed by atoms with E-state index < -0.39 is 0 Å². The van der Waals surface area contributed by atoms with Crippen LogP contribution in [-0.4, -0.2) is 39.3 Å². The minimum Gasteiger partial charge on any atom is -0.369 e. The average Bonchev–Trinajstić information content (AvgIpc) is 2.91. The largest absolute Gasteiger partial charge is 0.369 e. The van der Waals surface area contributed by atoms with E-state index >= 15 is 0 Å². The molecule has 1 fully saturated rings. The molecule has 1 atom stereocenters. The Morgan fingerprint density at radius 2 is 2.33 bits per heavy atom. The second-order valence-electron chi connectivity index (χ2n) is 4.92. The monoisotopic (exact) mass is 306 g/mol. The lowest BCUT2D eigenvalue weighted by molar-refractivity contribution is 0.0249. The van der Waals surface area contributed by atoms with Gasteiger partial charge in [0, 0.05) is 19.2 Å². The van der Waals surface area contributed by atoms with Crippen LogP contribution in [0.5, 0.6) is 0 Å². The molecule has 0 bridgehead atoms. The van der Waals surface area contributed by atoms with E-state index in [0.717, 1.165) is 41.0 Å². The molecule has 0 aromatic carbocycles. The molecule has 0 radical (unpaired) electrons. The van der Waals surface area contributed by atoms with Crippen LogP contribution < -0.4 is 10.6 Å². The van der Waals surface area contributed by atoms with Crippen molar-refractivity contribution in [3.63, 3.8) is 0 Å². The highest BCUT2D eigenvalue weighted by Gasteiger charge is 2.18. The molecule has 0 amide bonds. The first kappa shape index (κ1) is 14.3. The molecule has 0 aliphatic carbocycles. The summed E-state index contributed by atoms with van der Waals surface area (Å²) in [6.07, 6.45) is -0.00666. The first-order chi connectivity index (χ1) is 10.2. The molecule has 3 heterocycles. The highest BCUT2D eigenvalue weighted by atomic mass is 32.1. The molecule has 3 rings (SSSR count). The molecule has 1 aliphatic heterocycles. The van der Waals surface area contributed by atoms with Gasteiger partial charge in [0.25, 0.3) is 0 Å². The van der Waals surface area contributed by atoms with E-state index in [-0.39, 0.29) is 6.10 Å². The zero-order chi connectivity index (χ0) is 14.7. The van der Waals surface area contributed by atoms with Gasteiger partial charge in [-0.3, -0.25) is 0 Å². The molecular weight excluding hydrogens is 288 g/mol. The van der Waals surface area contributed by atoms with Crippen molar-refractivity contribution in [3.8, 4) is 0 Å². The van der Waals surface area contributed by atoms with Crippen molar-refractivity contribution in [2.24, 2.45) is 0 Å². The van der Waals surface area contributed by atoms with Crippen LogP contribution in [0.4, 0.5) is 5.82 Å². The van der Waals surface area contributed by atoms with Gasteiger partial charge in [0.2, 0.25) is 0 Å². The van der Waals surface area contributed by atoms with Gasteiger partial charge in [-0.2, -0.15) is 0 Å². The molecule has 21 heavy (non-hydrogen) atoms. The first-order valence-electron chi connectivity index (χ1n) is 6.92. The topological polar surface area (TPSA) is 84.9 Å². The van der Waals surface area contributed by atoms with E-state index in [4.69, 9.17) is 4.74 Å². The Hall–Kier alpha value is -1.64. The highest BCUT2D eigenvalue weighted by molar-refractivity contribution is 7.05. The Morgan fingerprint density at radius 1 is 1.43 bits per heavy atom. The van der Waals surface area contributed by atoms with E-state index in [9.17, 15) is 0 Å². The van der Waals surface area contributed by atoms with E-state index in [2.05, 4.69) is 30.2 Å². The number of ether oxygens (including phenoxy) is 1. The van der Waals surface area contributed by atoms with Crippen molar-refractivity contribution in [1.82, 2.24) is 24.9 Å². The highest BCUT2D eigenvalue weighted by Crippen LogP contribution is 2.20. The summed E-state index contributed by atoms with van der Waals surface area (Å²) in [6.45, 7) is 6.91. The maximum absolute atomic E-state index is 5.74. The Morgan fingerprint density at radius 3 is 3.05 bits per heavy atom. The van der Waals surface area contributed by atoms with Crippen LogP contribution in [0, 0.1) is 13.8 Å². The van der Waals surface area contributed by atoms with Crippen LogP contribution in [0.25, 0.3) is 0 Å². The van der Waals surface area contributed by atoms with Crippen LogP contribution in [0.15, 0.2) is 6.07 Å². The SMILES string of the molecule is Cc1nc(NCc2snnc2C)cc([C@H]2CNCCO2)n1. The smallest absolute Gasteiger partial charge is 0.130 e. The molecular formula is C13H18N6OS. The van der Waals surface area contributed by atoms with Crippen LogP contribution in [0.1, 0.15) is 28.2 Å². The molecule has 0 unspecified atom stereocenters. The third-order valence-electron chi connectivity index (χ3n) is 3.29. The summed E-state index contributed by atoms with van der Waals surface area (Å²) in [5.41, 5.74) is 1.87. The van der Waals surface area contributed by atoms with E-state index in [1.165, 1.54) is 11.5 Å². The Balaban J connectivity index is 1.73. The van der Waals surface area contributed by atoms with Crippen LogP contribution in [0.2, 0.25) is 0 Å². The van der Waals surface area contributed by atoms with Crippen LogP contribution in [0.3, 0.4) is 0 Å². The van der Waals surface area contributed by atoms with Gasteiger partial charge >= 0.3 is 0 Å². The lowest BCUT2D eigenvalue weighted by Crippen LogP contribution is -2.34. The van der Waals surface area contributed by atoms with Gasteiger partial charge in [0.05, 0.1) is 29.4 Å². The first-order valence-corrected chi connectivity index (χ1v) is 7.69. The fourth-order valence-corrected chi connectivity index (χ4v) is 2.76. The quantitative estimate of drug-likeness (QED) is 0.878. The molecule has 112 valence electrons. The summed E-state index contributed by atoms with van der Waals surface area (Å²) in [5, 5.41) is 10.6. The van der Waals surface area contributed by atoms with Crippen LogP contribution in [-0.2, 0) is 11.3 Å². The molecule has 0 saturated carbocycles. The van der Waals surface area contributed by atoms with Gasteiger partial charge in [0.15, 0.2) is 0 Å². The maximum Gasteiger partial charge on any atom is 0.130 e. The van der Waals surface area contributed by atoms with Crippen molar-refractivity contribution in [2.45, 2.75) is 26.5 Å². The molecule has 1 aliphatic rings. The summed E-state index contributed by atoms with van der Waals surface area (Å²) in [7, 11) is 0. The van der Waals surface area contributed by atoms with E-state index in [0.29, 0.717) is 13.2 Å². The van der Waals surface area contributed by atoms with Gasteiger partial charge < -0.3 is 15.4 Å². The molecule has 2 aromatic rings. The molecule has 0 spiro atoms. The van der Waals surface area contributed by atoms with Crippen molar-refractivity contribution >= 4 is 17.4 Å². The Kier molecular flexibility index (Phi) is 4.37. The molecule has 2 N–H and O–H groups in total. The lowest BCUT2D eigenvalue weighted by Gasteiger charge is -2.23. The summed E-state index contributed by atoms with van der Waals surface area (Å²) in [6, 6.07) is 1.95. The predicted molar refractivity (Wildman–Crippen MR) is 80.3 cm³/mol. The summed E-state index contributed by atoms with van der Waals surface area (Å²) >= 11 is 1.40. The number of rotatable bonds is 4. The minimum absolute atomic E-state index is 0.00666. The Labute approximate surface area is 127 Å². The lowest BCUT2D eigenvalue weighted by atomic mass is 10.2. The summed E-state index contributed by atoms with van der Waals surface area (Å²) in [4.78, 5) is 10.0. The van der Waals surface area contributed by atoms with Gasteiger partial charge in [0.1, 0.15) is 17.7 Å². The zero-order valence-electron chi connectivity index (χ0n) is 12.1. The minimum atomic E-state index is -0.00666. The zero-order valence-corrected chi connectivity index (χ0v) is 12.9. The summed E-state index contributed by atoms with van der Waals surface area (Å²) < 4.78 is 9.68. The third kappa shape index (κ3) is 3.52. The number of anilines is 1. The molecule has 1 saturated heterocycles. The number of aromatic nitrogens is 4. The van der Waals surface area contributed by atoms with E-state index in [1.54, 1.807) is 0 Å².